The van der Waals surface area contributed by atoms with Crippen molar-refractivity contribution in [2.24, 2.45) is 10.1 Å². The molecule has 26 heavy (non-hydrogen) atoms. The maximum Gasteiger partial charge on any atom is 0.206 e. The first-order chi connectivity index (χ1) is 12.7. The van der Waals surface area contributed by atoms with Crippen LogP contribution in [0.1, 0.15) is 57.2 Å². The fourth-order valence-electron chi connectivity index (χ4n) is 3.46. The number of aryl methyl sites for hydroxylation is 1. The monoisotopic (exact) mass is 370 g/mol. The van der Waals surface area contributed by atoms with Gasteiger partial charge in [-0.25, -0.2) is 4.68 Å². The molecular formula is C21H30N4S. The Morgan fingerprint density at radius 1 is 1.12 bits per heavy atom. The van der Waals surface area contributed by atoms with E-state index in [4.69, 9.17) is 10.1 Å². The average molecular weight is 371 g/mol. The molecule has 0 N–H and O–H groups in total. The minimum atomic E-state index is 0.469. The molecule has 1 aromatic carbocycles. The predicted octanol–water partition coefficient (Wildman–Crippen LogP) is 4.82. The topological polar surface area (TPSA) is 32.9 Å². The van der Waals surface area contributed by atoms with Gasteiger partial charge in [-0.15, -0.1) is 11.3 Å². The van der Waals surface area contributed by atoms with Crippen LogP contribution in [0.4, 0.5) is 5.69 Å². The molecule has 1 aromatic heterocycles. The molecule has 0 amide bonds. The third-order valence-corrected chi connectivity index (χ3v) is 6.01. The summed E-state index contributed by atoms with van der Waals surface area (Å²) in [6.45, 7) is 8.52. The molecule has 0 bridgehead atoms. The lowest BCUT2D eigenvalue weighted by Crippen LogP contribution is -2.21. The van der Waals surface area contributed by atoms with Gasteiger partial charge in [0.2, 0.25) is 4.80 Å². The first-order valence-corrected chi connectivity index (χ1v) is 10.7. The molecule has 0 radical (unpaired) electrons. The van der Waals surface area contributed by atoms with E-state index in [1.807, 2.05) is 10.9 Å². The Bertz CT molecular complexity index is 775. The summed E-state index contributed by atoms with van der Waals surface area (Å²) >= 11 is 1.69. The summed E-state index contributed by atoms with van der Waals surface area (Å²) in [6, 6.07) is 9.09. The quantitative estimate of drug-likeness (QED) is 0.671. The third-order valence-electron chi connectivity index (χ3n) is 5.06. The van der Waals surface area contributed by atoms with Gasteiger partial charge in [0, 0.05) is 24.2 Å². The SMILES string of the molecule is CCN(CC)c1ccc(C=Nn2c(C)csc2=NC2CCCCC2)cc1. The maximum atomic E-state index is 4.97. The second kappa shape index (κ2) is 9.17. The first-order valence-electron chi connectivity index (χ1n) is 9.81. The van der Waals surface area contributed by atoms with Crippen LogP contribution in [0.3, 0.4) is 0 Å². The van der Waals surface area contributed by atoms with Crippen molar-refractivity contribution in [2.45, 2.75) is 58.9 Å². The number of benzene rings is 1. The summed E-state index contributed by atoms with van der Waals surface area (Å²) in [5.41, 5.74) is 3.52. The highest BCUT2D eigenvalue weighted by Crippen LogP contribution is 2.20. The summed E-state index contributed by atoms with van der Waals surface area (Å²) in [4.78, 5) is 8.34. The van der Waals surface area contributed by atoms with Gasteiger partial charge in [-0.05, 0) is 51.3 Å². The Morgan fingerprint density at radius 2 is 1.81 bits per heavy atom. The minimum Gasteiger partial charge on any atom is -0.372 e. The van der Waals surface area contributed by atoms with Crippen LogP contribution in [0.15, 0.2) is 39.7 Å². The first kappa shape index (κ1) is 18.9. The predicted molar refractivity (Wildman–Crippen MR) is 112 cm³/mol. The molecule has 1 aliphatic carbocycles. The van der Waals surface area contributed by atoms with Gasteiger partial charge in [-0.2, -0.15) is 5.10 Å². The molecule has 1 fully saturated rings. The number of thiazole rings is 1. The van der Waals surface area contributed by atoms with E-state index >= 15 is 0 Å². The number of anilines is 1. The Morgan fingerprint density at radius 3 is 2.46 bits per heavy atom. The molecule has 3 rings (SSSR count). The number of aromatic nitrogens is 1. The fraction of sp³-hybridized carbons (Fsp3) is 0.524. The molecule has 1 heterocycles. The van der Waals surface area contributed by atoms with Crippen molar-refractivity contribution >= 4 is 23.2 Å². The van der Waals surface area contributed by atoms with Crippen LogP contribution >= 0.6 is 11.3 Å². The second-order valence-electron chi connectivity index (χ2n) is 6.90. The van der Waals surface area contributed by atoms with Gasteiger partial charge in [0.25, 0.3) is 0 Å². The van der Waals surface area contributed by atoms with Crippen molar-refractivity contribution in [3.05, 3.63) is 45.7 Å². The fourth-order valence-corrected chi connectivity index (χ4v) is 4.34. The zero-order valence-electron chi connectivity index (χ0n) is 16.2. The van der Waals surface area contributed by atoms with E-state index in [1.165, 1.54) is 37.8 Å². The van der Waals surface area contributed by atoms with Crippen LogP contribution in [0, 0.1) is 6.92 Å². The van der Waals surface area contributed by atoms with Crippen molar-refractivity contribution in [3.63, 3.8) is 0 Å². The molecule has 4 nitrogen and oxygen atoms in total. The number of hydrogen-bond donors (Lipinski definition) is 0. The van der Waals surface area contributed by atoms with Crippen LogP contribution in [0.25, 0.3) is 0 Å². The van der Waals surface area contributed by atoms with Gasteiger partial charge in [0.1, 0.15) is 0 Å². The Balaban J connectivity index is 1.78. The van der Waals surface area contributed by atoms with Crippen LogP contribution in [-0.2, 0) is 0 Å². The number of nitrogens with zero attached hydrogens (tertiary/aromatic N) is 4. The highest BCUT2D eigenvalue weighted by molar-refractivity contribution is 7.07. The average Bonchev–Trinajstić information content (AvgIpc) is 3.02. The van der Waals surface area contributed by atoms with Crippen molar-refractivity contribution in [3.8, 4) is 0 Å². The Kier molecular flexibility index (Phi) is 6.67. The molecule has 140 valence electrons. The summed E-state index contributed by atoms with van der Waals surface area (Å²) < 4.78 is 1.98. The summed E-state index contributed by atoms with van der Waals surface area (Å²) in [5, 5.41) is 6.85. The minimum absolute atomic E-state index is 0.469. The van der Waals surface area contributed by atoms with E-state index in [0.29, 0.717) is 6.04 Å². The molecule has 2 aromatic rings. The van der Waals surface area contributed by atoms with Crippen molar-refractivity contribution in [1.29, 1.82) is 0 Å². The molecule has 1 aliphatic rings. The maximum absolute atomic E-state index is 4.97. The molecule has 0 aliphatic heterocycles. The highest BCUT2D eigenvalue weighted by Gasteiger charge is 2.12. The molecule has 5 heteroatoms. The van der Waals surface area contributed by atoms with E-state index in [1.54, 1.807) is 11.3 Å². The number of hydrogen-bond acceptors (Lipinski definition) is 4. The lowest BCUT2D eigenvalue weighted by molar-refractivity contribution is 0.435. The molecule has 0 unspecified atom stereocenters. The second-order valence-corrected chi connectivity index (χ2v) is 7.74. The van der Waals surface area contributed by atoms with E-state index in [9.17, 15) is 0 Å². The molecule has 0 saturated heterocycles. The van der Waals surface area contributed by atoms with Gasteiger partial charge < -0.3 is 4.90 Å². The summed E-state index contributed by atoms with van der Waals surface area (Å²) in [7, 11) is 0. The largest absolute Gasteiger partial charge is 0.372 e. The van der Waals surface area contributed by atoms with Crippen molar-refractivity contribution in [2.75, 3.05) is 18.0 Å². The Hall–Kier alpha value is -1.88. The molecular weight excluding hydrogens is 340 g/mol. The van der Waals surface area contributed by atoms with Crippen LogP contribution < -0.4 is 9.70 Å². The molecule has 0 atom stereocenters. The summed E-state index contributed by atoms with van der Waals surface area (Å²) in [6.07, 6.45) is 8.34. The van der Waals surface area contributed by atoms with Gasteiger partial charge in [0.05, 0.1) is 18.0 Å². The lowest BCUT2D eigenvalue weighted by Gasteiger charge is -2.20. The van der Waals surface area contributed by atoms with Gasteiger partial charge in [-0.3, -0.25) is 4.99 Å². The van der Waals surface area contributed by atoms with Crippen LogP contribution in [0.2, 0.25) is 0 Å². The van der Waals surface area contributed by atoms with Crippen molar-refractivity contribution in [1.82, 2.24) is 4.68 Å². The standard InChI is InChI=1S/C21H30N4S/c1-4-24(5-2)20-13-11-18(12-14-20)15-22-25-17(3)16-26-21(25)23-19-9-7-6-8-10-19/h11-16,19H,4-10H2,1-3H3. The smallest absolute Gasteiger partial charge is 0.206 e. The van der Waals surface area contributed by atoms with Gasteiger partial charge in [0.15, 0.2) is 0 Å². The van der Waals surface area contributed by atoms with E-state index < -0.39 is 0 Å². The third kappa shape index (κ3) is 4.64. The van der Waals surface area contributed by atoms with Gasteiger partial charge >= 0.3 is 0 Å². The zero-order chi connectivity index (χ0) is 18.4. The molecule has 1 saturated carbocycles. The molecule has 0 spiro atoms. The van der Waals surface area contributed by atoms with E-state index in [2.05, 4.69) is 55.3 Å². The van der Waals surface area contributed by atoms with E-state index in [-0.39, 0.29) is 0 Å². The van der Waals surface area contributed by atoms with Crippen LogP contribution in [0.5, 0.6) is 0 Å². The normalized spacial score (nSPS) is 16.5. The summed E-state index contributed by atoms with van der Waals surface area (Å²) in [5.74, 6) is 0. The highest BCUT2D eigenvalue weighted by atomic mass is 32.1. The van der Waals surface area contributed by atoms with Crippen molar-refractivity contribution < 1.29 is 0 Å². The lowest BCUT2D eigenvalue weighted by atomic mass is 9.96. The zero-order valence-corrected chi connectivity index (χ0v) is 17.0. The Labute approximate surface area is 160 Å². The van der Waals surface area contributed by atoms with Gasteiger partial charge in [-0.1, -0.05) is 31.4 Å². The number of rotatable bonds is 6. The van der Waals surface area contributed by atoms with E-state index in [0.717, 1.165) is 29.1 Å². The van der Waals surface area contributed by atoms with Crippen LogP contribution in [-0.4, -0.2) is 30.0 Å².